The summed E-state index contributed by atoms with van der Waals surface area (Å²) in [5.41, 5.74) is 1.68. The van der Waals surface area contributed by atoms with Crippen LogP contribution in [0.1, 0.15) is 34.6 Å². The van der Waals surface area contributed by atoms with Crippen molar-refractivity contribution in [3.63, 3.8) is 0 Å². The van der Waals surface area contributed by atoms with Gasteiger partial charge in [-0.1, -0.05) is 35.5 Å². The summed E-state index contributed by atoms with van der Waals surface area (Å²) >= 11 is 0. The molecule has 0 fully saturated rings. The second kappa shape index (κ2) is 7.99. The maximum absolute atomic E-state index is 13.8. The molecule has 0 unspecified atom stereocenters. The topological polar surface area (TPSA) is 60.2 Å². The highest BCUT2D eigenvalue weighted by molar-refractivity contribution is 5.92. The van der Waals surface area contributed by atoms with Crippen LogP contribution in [-0.2, 0) is 6.54 Å². The Balaban J connectivity index is 1.71. The summed E-state index contributed by atoms with van der Waals surface area (Å²) in [5, 5.41) is 7.89. The quantitative estimate of drug-likeness (QED) is 0.670. The normalized spacial score (nSPS) is 11.9. The van der Waals surface area contributed by atoms with Crippen molar-refractivity contribution in [2.24, 2.45) is 0 Å². The minimum Gasteiger partial charge on any atom is -0.497 e. The molecule has 0 radical (unpaired) electrons. The third kappa shape index (κ3) is 4.13. The standard InChI is InChI=1S/C20H21FN4O2/c1-14(15-8-10-17(27-3)11-9-15)24(2)20(26)19-13-25(23-22-19)12-16-6-4-5-7-18(16)21/h4-11,13-14H,12H2,1-3H3/t14-/m0/s1. The molecule has 3 aromatic rings. The first-order valence-electron chi connectivity index (χ1n) is 8.54. The van der Waals surface area contributed by atoms with Crippen molar-refractivity contribution >= 4 is 5.91 Å². The highest BCUT2D eigenvalue weighted by Gasteiger charge is 2.21. The van der Waals surface area contributed by atoms with Crippen molar-refractivity contribution in [1.29, 1.82) is 0 Å². The molecule has 0 saturated heterocycles. The second-order valence-electron chi connectivity index (χ2n) is 6.26. The van der Waals surface area contributed by atoms with Crippen LogP contribution in [0.4, 0.5) is 4.39 Å². The lowest BCUT2D eigenvalue weighted by atomic mass is 10.1. The number of carbonyl (C=O) groups is 1. The predicted molar refractivity (Wildman–Crippen MR) is 99.0 cm³/mol. The fraction of sp³-hybridized carbons (Fsp3) is 0.250. The number of nitrogens with zero attached hydrogens (tertiary/aromatic N) is 4. The van der Waals surface area contributed by atoms with E-state index in [4.69, 9.17) is 4.74 Å². The van der Waals surface area contributed by atoms with Gasteiger partial charge in [-0.25, -0.2) is 9.07 Å². The van der Waals surface area contributed by atoms with Gasteiger partial charge in [0.05, 0.1) is 25.9 Å². The van der Waals surface area contributed by atoms with Gasteiger partial charge >= 0.3 is 0 Å². The minimum absolute atomic E-state index is 0.153. The van der Waals surface area contributed by atoms with Crippen molar-refractivity contribution in [1.82, 2.24) is 19.9 Å². The van der Waals surface area contributed by atoms with Crippen molar-refractivity contribution in [2.45, 2.75) is 19.5 Å². The molecule has 1 amide bonds. The average molecular weight is 368 g/mol. The molecule has 0 spiro atoms. The summed E-state index contributed by atoms with van der Waals surface area (Å²) in [6.07, 6.45) is 1.53. The van der Waals surface area contributed by atoms with Crippen molar-refractivity contribution < 1.29 is 13.9 Å². The molecule has 0 bridgehead atoms. The number of rotatable bonds is 6. The van der Waals surface area contributed by atoms with Gasteiger partial charge in [0.15, 0.2) is 5.69 Å². The maximum Gasteiger partial charge on any atom is 0.276 e. The lowest BCUT2D eigenvalue weighted by molar-refractivity contribution is 0.0736. The van der Waals surface area contributed by atoms with Crippen LogP contribution in [0.5, 0.6) is 5.75 Å². The van der Waals surface area contributed by atoms with Crippen LogP contribution in [-0.4, -0.2) is 40.0 Å². The van der Waals surface area contributed by atoms with Crippen LogP contribution in [0.2, 0.25) is 0 Å². The Bertz CT molecular complexity index is 924. The Hall–Kier alpha value is -3.22. The van der Waals surface area contributed by atoms with Gasteiger partial charge in [0.2, 0.25) is 0 Å². The Kier molecular flexibility index (Phi) is 5.49. The number of carbonyl (C=O) groups excluding carboxylic acids is 1. The zero-order valence-corrected chi connectivity index (χ0v) is 15.5. The Morgan fingerprint density at radius 3 is 2.59 bits per heavy atom. The van der Waals surface area contributed by atoms with Crippen LogP contribution in [0.25, 0.3) is 0 Å². The molecule has 0 N–H and O–H groups in total. The third-order valence-electron chi connectivity index (χ3n) is 4.55. The molecule has 2 aromatic carbocycles. The summed E-state index contributed by atoms with van der Waals surface area (Å²) < 4.78 is 20.4. The first-order chi connectivity index (χ1) is 13.0. The van der Waals surface area contributed by atoms with E-state index in [-0.39, 0.29) is 30.0 Å². The maximum atomic E-state index is 13.8. The Morgan fingerprint density at radius 2 is 1.93 bits per heavy atom. The highest BCUT2D eigenvalue weighted by atomic mass is 19.1. The van der Waals surface area contributed by atoms with E-state index in [1.54, 1.807) is 37.3 Å². The number of benzene rings is 2. The van der Waals surface area contributed by atoms with Gasteiger partial charge in [0.25, 0.3) is 5.91 Å². The molecule has 140 valence electrons. The monoisotopic (exact) mass is 368 g/mol. The van der Waals surface area contributed by atoms with Gasteiger partial charge in [0.1, 0.15) is 11.6 Å². The van der Waals surface area contributed by atoms with Crippen LogP contribution in [0.3, 0.4) is 0 Å². The Labute approximate surface area is 157 Å². The van der Waals surface area contributed by atoms with Crippen molar-refractivity contribution in [2.75, 3.05) is 14.2 Å². The third-order valence-corrected chi connectivity index (χ3v) is 4.55. The molecule has 0 aliphatic heterocycles. The fourth-order valence-electron chi connectivity index (χ4n) is 2.74. The number of methoxy groups -OCH3 is 1. The fourth-order valence-corrected chi connectivity index (χ4v) is 2.74. The van der Waals surface area contributed by atoms with Crippen LogP contribution < -0.4 is 4.74 Å². The largest absolute Gasteiger partial charge is 0.497 e. The lowest BCUT2D eigenvalue weighted by Crippen LogP contribution is -2.30. The number of hydrogen-bond acceptors (Lipinski definition) is 4. The Morgan fingerprint density at radius 1 is 1.22 bits per heavy atom. The van der Waals surface area contributed by atoms with Crippen LogP contribution >= 0.6 is 0 Å². The SMILES string of the molecule is COc1ccc([C@H](C)N(C)C(=O)c2cn(Cc3ccccc3F)nn2)cc1. The van der Waals surface area contributed by atoms with E-state index in [0.29, 0.717) is 5.56 Å². The van der Waals surface area contributed by atoms with E-state index < -0.39 is 0 Å². The zero-order valence-electron chi connectivity index (χ0n) is 15.5. The van der Waals surface area contributed by atoms with E-state index in [1.165, 1.54) is 16.9 Å². The molecule has 3 rings (SSSR count). The summed E-state index contributed by atoms with van der Waals surface area (Å²) in [6, 6.07) is 13.9. The summed E-state index contributed by atoms with van der Waals surface area (Å²) in [5.74, 6) is 0.195. The summed E-state index contributed by atoms with van der Waals surface area (Å²) in [7, 11) is 3.33. The summed E-state index contributed by atoms with van der Waals surface area (Å²) in [6.45, 7) is 2.15. The number of amides is 1. The van der Waals surface area contributed by atoms with Gasteiger partial charge in [-0.2, -0.15) is 0 Å². The second-order valence-corrected chi connectivity index (χ2v) is 6.26. The molecule has 27 heavy (non-hydrogen) atoms. The predicted octanol–water partition coefficient (Wildman–Crippen LogP) is 3.31. The van der Waals surface area contributed by atoms with Gasteiger partial charge in [-0.05, 0) is 30.7 Å². The van der Waals surface area contributed by atoms with Gasteiger partial charge in [0, 0.05) is 12.6 Å². The number of halogens is 1. The molecule has 7 heteroatoms. The first-order valence-corrected chi connectivity index (χ1v) is 8.54. The number of hydrogen-bond donors (Lipinski definition) is 0. The van der Waals surface area contributed by atoms with Gasteiger partial charge in [-0.15, -0.1) is 5.10 Å². The first kappa shape index (κ1) is 18.6. The van der Waals surface area contributed by atoms with Crippen LogP contribution in [0.15, 0.2) is 54.7 Å². The molecule has 0 saturated carbocycles. The average Bonchev–Trinajstić information content (AvgIpc) is 3.16. The molecule has 1 atom stereocenters. The molecule has 6 nitrogen and oxygen atoms in total. The van der Waals surface area contributed by atoms with E-state index >= 15 is 0 Å². The van der Waals surface area contributed by atoms with Crippen LogP contribution in [0, 0.1) is 5.82 Å². The van der Waals surface area contributed by atoms with E-state index in [1.807, 2.05) is 31.2 Å². The molecule has 0 aliphatic carbocycles. The molecule has 0 aliphatic rings. The number of ether oxygens (including phenoxy) is 1. The smallest absolute Gasteiger partial charge is 0.276 e. The van der Waals surface area contributed by atoms with Gasteiger partial charge in [-0.3, -0.25) is 4.79 Å². The van der Waals surface area contributed by atoms with Crippen molar-refractivity contribution in [3.8, 4) is 5.75 Å². The zero-order chi connectivity index (χ0) is 19.4. The number of aromatic nitrogens is 3. The molecular weight excluding hydrogens is 347 g/mol. The van der Waals surface area contributed by atoms with E-state index in [2.05, 4.69) is 10.3 Å². The summed E-state index contributed by atoms with van der Waals surface area (Å²) in [4.78, 5) is 14.3. The molecule has 1 heterocycles. The minimum atomic E-state index is -0.314. The molecule has 1 aromatic heterocycles. The van der Waals surface area contributed by atoms with E-state index in [9.17, 15) is 9.18 Å². The van der Waals surface area contributed by atoms with E-state index in [0.717, 1.165) is 11.3 Å². The lowest BCUT2D eigenvalue weighted by Gasteiger charge is -2.24. The van der Waals surface area contributed by atoms with Crippen molar-refractivity contribution in [3.05, 3.63) is 77.4 Å². The van der Waals surface area contributed by atoms with Gasteiger partial charge < -0.3 is 9.64 Å². The molecular formula is C20H21FN4O2. The highest BCUT2D eigenvalue weighted by Crippen LogP contribution is 2.22.